The van der Waals surface area contributed by atoms with Gasteiger partial charge in [0, 0.05) is 13.6 Å². The Bertz CT molecular complexity index is 428. The predicted octanol–water partition coefficient (Wildman–Crippen LogP) is 1.68. The van der Waals surface area contributed by atoms with E-state index in [1.54, 1.807) is 4.68 Å². The van der Waals surface area contributed by atoms with Gasteiger partial charge < -0.3 is 15.4 Å². The van der Waals surface area contributed by atoms with Crippen LogP contribution in [0.2, 0.25) is 0 Å². The number of carbonyl (C=O) groups excluding carboxylic acids is 1. The lowest BCUT2D eigenvalue weighted by atomic mass is 10.2. The smallest absolute Gasteiger partial charge is 0.345 e. The number of nitrogens with two attached hydrogens (primary N) is 1. The lowest BCUT2D eigenvalue weighted by molar-refractivity contribution is 0.0602. The third-order valence-corrected chi connectivity index (χ3v) is 3.16. The first kappa shape index (κ1) is 14.3. The first-order valence-electron chi connectivity index (χ1n) is 6.15. The summed E-state index contributed by atoms with van der Waals surface area (Å²) in [6.07, 6.45) is 0.891. The molecule has 0 spiro atoms. The van der Waals surface area contributed by atoms with Gasteiger partial charge in [0.2, 0.25) is 0 Å². The summed E-state index contributed by atoms with van der Waals surface area (Å²) >= 11 is 0. The summed E-state index contributed by atoms with van der Waals surface area (Å²) in [4.78, 5) is 13.7. The Labute approximate surface area is 108 Å². The molecule has 0 bridgehead atoms. The molecule has 1 aromatic heterocycles. The van der Waals surface area contributed by atoms with Gasteiger partial charge in [0.1, 0.15) is 11.4 Å². The van der Waals surface area contributed by atoms with Gasteiger partial charge in [-0.05, 0) is 20.3 Å². The Morgan fingerprint density at radius 3 is 2.61 bits per heavy atom. The molecule has 0 aliphatic carbocycles. The molecule has 0 fully saturated rings. The Hall–Kier alpha value is -1.72. The average Bonchev–Trinajstić information content (AvgIpc) is 2.73. The van der Waals surface area contributed by atoms with E-state index >= 15 is 0 Å². The maximum absolute atomic E-state index is 11.8. The van der Waals surface area contributed by atoms with Gasteiger partial charge in [-0.15, -0.1) is 0 Å². The van der Waals surface area contributed by atoms with Crippen LogP contribution in [0.3, 0.4) is 0 Å². The Morgan fingerprint density at radius 1 is 1.56 bits per heavy atom. The lowest BCUT2D eigenvalue weighted by Crippen LogP contribution is -2.19. The molecule has 0 saturated carbocycles. The van der Waals surface area contributed by atoms with Crippen molar-refractivity contribution in [1.82, 2.24) is 9.78 Å². The SMILES string of the molecule is CCC(C)n1nc(N(C)CC)c(C(=O)OC)c1N. The topological polar surface area (TPSA) is 73.4 Å². The number of methoxy groups -OCH3 is 1. The molecule has 6 heteroatoms. The van der Waals surface area contributed by atoms with Crippen molar-refractivity contribution in [3.05, 3.63) is 5.56 Å². The van der Waals surface area contributed by atoms with Crippen LogP contribution in [0.1, 0.15) is 43.6 Å². The molecule has 102 valence electrons. The zero-order valence-electron chi connectivity index (χ0n) is 11.7. The molecule has 0 aromatic carbocycles. The van der Waals surface area contributed by atoms with Crippen molar-refractivity contribution in [1.29, 1.82) is 0 Å². The number of rotatable bonds is 5. The number of hydrogen-bond acceptors (Lipinski definition) is 5. The van der Waals surface area contributed by atoms with E-state index in [0.29, 0.717) is 17.2 Å². The highest BCUT2D eigenvalue weighted by atomic mass is 16.5. The number of ether oxygens (including phenoxy) is 1. The van der Waals surface area contributed by atoms with Crippen molar-refractivity contribution in [2.45, 2.75) is 33.2 Å². The quantitative estimate of drug-likeness (QED) is 0.809. The number of aromatic nitrogens is 2. The van der Waals surface area contributed by atoms with Crippen molar-refractivity contribution < 1.29 is 9.53 Å². The van der Waals surface area contributed by atoms with E-state index in [2.05, 4.69) is 5.10 Å². The molecule has 0 aliphatic heterocycles. The first-order valence-corrected chi connectivity index (χ1v) is 6.15. The van der Waals surface area contributed by atoms with E-state index in [4.69, 9.17) is 10.5 Å². The molecule has 1 aromatic rings. The van der Waals surface area contributed by atoms with Crippen molar-refractivity contribution in [3.63, 3.8) is 0 Å². The summed E-state index contributed by atoms with van der Waals surface area (Å²) in [5.74, 6) is 0.492. The highest BCUT2D eigenvalue weighted by molar-refractivity contribution is 5.99. The number of hydrogen-bond donors (Lipinski definition) is 1. The largest absolute Gasteiger partial charge is 0.465 e. The van der Waals surface area contributed by atoms with E-state index in [-0.39, 0.29) is 6.04 Å². The average molecular weight is 254 g/mol. The van der Waals surface area contributed by atoms with Crippen molar-refractivity contribution in [2.75, 3.05) is 31.3 Å². The fraction of sp³-hybridized carbons (Fsp3) is 0.667. The second-order valence-electron chi connectivity index (χ2n) is 4.29. The molecule has 0 amide bonds. The molecular formula is C12H22N4O2. The van der Waals surface area contributed by atoms with Crippen molar-refractivity contribution >= 4 is 17.6 Å². The van der Waals surface area contributed by atoms with Gasteiger partial charge in [0.05, 0.1) is 13.2 Å². The molecular weight excluding hydrogens is 232 g/mol. The van der Waals surface area contributed by atoms with E-state index in [1.165, 1.54) is 7.11 Å². The molecule has 1 atom stereocenters. The van der Waals surface area contributed by atoms with Crippen LogP contribution >= 0.6 is 0 Å². The fourth-order valence-electron chi connectivity index (χ4n) is 1.66. The molecule has 6 nitrogen and oxygen atoms in total. The minimum absolute atomic E-state index is 0.146. The maximum atomic E-state index is 11.8. The van der Waals surface area contributed by atoms with Crippen LogP contribution in [0, 0.1) is 0 Å². The van der Waals surface area contributed by atoms with Crippen LogP contribution in [-0.4, -0.2) is 36.5 Å². The van der Waals surface area contributed by atoms with E-state index in [0.717, 1.165) is 13.0 Å². The number of esters is 1. The van der Waals surface area contributed by atoms with E-state index in [9.17, 15) is 4.79 Å². The second-order valence-corrected chi connectivity index (χ2v) is 4.29. The lowest BCUT2D eigenvalue weighted by Gasteiger charge is -2.14. The normalized spacial score (nSPS) is 12.3. The standard InChI is InChI=1S/C12H22N4O2/c1-6-8(3)16-10(13)9(12(17)18-5)11(14-16)15(4)7-2/h8H,6-7,13H2,1-5H3. The monoisotopic (exact) mass is 254 g/mol. The van der Waals surface area contributed by atoms with Crippen LogP contribution in [0.25, 0.3) is 0 Å². The first-order chi connectivity index (χ1) is 8.47. The molecule has 1 unspecified atom stereocenters. The van der Waals surface area contributed by atoms with Crippen LogP contribution < -0.4 is 10.6 Å². The fourth-order valence-corrected chi connectivity index (χ4v) is 1.66. The summed E-state index contributed by atoms with van der Waals surface area (Å²) in [7, 11) is 3.22. The third-order valence-electron chi connectivity index (χ3n) is 3.16. The van der Waals surface area contributed by atoms with Crippen LogP contribution in [0.4, 0.5) is 11.6 Å². The molecule has 0 aliphatic rings. The Morgan fingerprint density at radius 2 is 2.17 bits per heavy atom. The maximum Gasteiger partial charge on any atom is 0.345 e. The van der Waals surface area contributed by atoms with Gasteiger partial charge in [-0.2, -0.15) is 5.10 Å². The van der Waals surface area contributed by atoms with Crippen molar-refractivity contribution in [3.8, 4) is 0 Å². The number of nitrogen functional groups attached to an aromatic ring is 1. The zero-order valence-corrected chi connectivity index (χ0v) is 11.7. The van der Waals surface area contributed by atoms with Gasteiger partial charge in [-0.3, -0.25) is 0 Å². The van der Waals surface area contributed by atoms with Crippen LogP contribution in [-0.2, 0) is 4.74 Å². The second kappa shape index (κ2) is 5.75. The molecule has 2 N–H and O–H groups in total. The summed E-state index contributed by atoms with van der Waals surface area (Å²) in [5.41, 5.74) is 6.37. The summed E-state index contributed by atoms with van der Waals surface area (Å²) in [6, 6.07) is 0.146. The number of anilines is 2. The summed E-state index contributed by atoms with van der Waals surface area (Å²) < 4.78 is 6.47. The van der Waals surface area contributed by atoms with E-state index in [1.807, 2.05) is 32.7 Å². The third kappa shape index (κ3) is 2.42. The summed E-state index contributed by atoms with van der Waals surface area (Å²) in [5, 5.41) is 4.44. The zero-order chi connectivity index (χ0) is 13.9. The Balaban J connectivity index is 3.36. The van der Waals surface area contributed by atoms with Crippen LogP contribution in [0.15, 0.2) is 0 Å². The number of carbonyl (C=O) groups is 1. The van der Waals surface area contributed by atoms with Gasteiger partial charge >= 0.3 is 5.97 Å². The highest BCUT2D eigenvalue weighted by Gasteiger charge is 2.26. The molecule has 0 saturated heterocycles. The molecule has 18 heavy (non-hydrogen) atoms. The molecule has 1 rings (SSSR count). The minimum Gasteiger partial charge on any atom is -0.465 e. The van der Waals surface area contributed by atoms with E-state index < -0.39 is 5.97 Å². The van der Waals surface area contributed by atoms with Gasteiger partial charge in [-0.25, -0.2) is 9.48 Å². The molecule has 0 radical (unpaired) electrons. The highest BCUT2D eigenvalue weighted by Crippen LogP contribution is 2.28. The predicted molar refractivity (Wildman–Crippen MR) is 71.9 cm³/mol. The minimum atomic E-state index is -0.447. The van der Waals surface area contributed by atoms with Gasteiger partial charge in [0.15, 0.2) is 5.82 Å². The van der Waals surface area contributed by atoms with Gasteiger partial charge in [0.25, 0.3) is 0 Å². The molecule has 1 heterocycles. The Kier molecular flexibility index (Phi) is 4.58. The number of nitrogens with zero attached hydrogens (tertiary/aromatic N) is 3. The van der Waals surface area contributed by atoms with Crippen molar-refractivity contribution in [2.24, 2.45) is 0 Å². The van der Waals surface area contributed by atoms with Gasteiger partial charge in [-0.1, -0.05) is 6.92 Å². The van der Waals surface area contributed by atoms with Crippen LogP contribution in [0.5, 0.6) is 0 Å². The summed E-state index contributed by atoms with van der Waals surface area (Å²) in [6.45, 7) is 6.79.